The first-order valence-electron chi connectivity index (χ1n) is 11.9. The number of carboxylic acids is 1. The largest absolute Gasteiger partial charge is 0.475 e. The molecule has 1 fully saturated rings. The van der Waals surface area contributed by atoms with E-state index in [9.17, 15) is 9.90 Å². The Balaban J connectivity index is 1.48. The molecular formula is C28H29N3O3S. The lowest BCUT2D eigenvalue weighted by atomic mass is 10.1. The van der Waals surface area contributed by atoms with Crippen molar-refractivity contribution in [1.29, 1.82) is 0 Å². The quantitative estimate of drug-likeness (QED) is 0.313. The minimum absolute atomic E-state index is 0.00661. The highest BCUT2D eigenvalue weighted by molar-refractivity contribution is 8.00. The Morgan fingerprint density at radius 2 is 1.80 bits per heavy atom. The molecule has 2 heterocycles. The lowest BCUT2D eigenvalue weighted by molar-refractivity contribution is 0.0664. The van der Waals surface area contributed by atoms with Gasteiger partial charge in [-0.15, -0.1) is 0 Å². The number of para-hydroxylation sites is 2. The van der Waals surface area contributed by atoms with Crippen molar-refractivity contribution in [2.75, 3.05) is 41.9 Å². The molecule has 35 heavy (non-hydrogen) atoms. The minimum atomic E-state index is -1.04. The van der Waals surface area contributed by atoms with Crippen molar-refractivity contribution in [1.82, 2.24) is 5.32 Å². The topological polar surface area (TPSA) is 69.0 Å². The molecule has 0 atom stereocenters. The van der Waals surface area contributed by atoms with Crippen molar-refractivity contribution in [3.8, 4) is 0 Å². The fraction of sp³-hybridized carbons (Fsp3) is 0.250. The second-order valence-electron chi connectivity index (χ2n) is 8.67. The predicted octanol–water partition coefficient (Wildman–Crippen LogP) is 5.61. The molecule has 180 valence electrons. The number of benzene rings is 3. The van der Waals surface area contributed by atoms with Gasteiger partial charge in [0.05, 0.1) is 11.4 Å². The molecule has 5 rings (SSSR count). The summed E-state index contributed by atoms with van der Waals surface area (Å²) in [5.74, 6) is -1.03. The molecule has 0 aliphatic carbocycles. The number of carboxylic acid groups (broad SMARTS) is 1. The zero-order valence-electron chi connectivity index (χ0n) is 19.7. The van der Waals surface area contributed by atoms with Crippen LogP contribution in [-0.4, -0.2) is 43.8 Å². The molecule has 1 aliphatic rings. The van der Waals surface area contributed by atoms with Crippen LogP contribution in [0.1, 0.15) is 21.7 Å². The van der Waals surface area contributed by atoms with Gasteiger partial charge in [0.25, 0.3) is 0 Å². The van der Waals surface area contributed by atoms with Crippen LogP contribution in [0, 0.1) is 6.92 Å². The lowest BCUT2D eigenvalue weighted by Gasteiger charge is -2.34. The Morgan fingerprint density at radius 1 is 1.06 bits per heavy atom. The van der Waals surface area contributed by atoms with E-state index in [0.29, 0.717) is 11.1 Å². The van der Waals surface area contributed by atoms with Gasteiger partial charge in [-0.2, -0.15) is 0 Å². The van der Waals surface area contributed by atoms with E-state index in [0.717, 1.165) is 49.4 Å². The average Bonchev–Trinajstić information content (AvgIpc) is 3.24. The number of piperazine rings is 1. The highest BCUT2D eigenvalue weighted by Gasteiger charge is 2.21. The Labute approximate surface area is 209 Å². The van der Waals surface area contributed by atoms with Gasteiger partial charge in [0, 0.05) is 48.6 Å². The third-order valence-electron chi connectivity index (χ3n) is 6.37. The van der Waals surface area contributed by atoms with E-state index in [1.165, 1.54) is 16.9 Å². The molecule has 1 saturated heterocycles. The van der Waals surface area contributed by atoms with E-state index in [1.54, 1.807) is 18.9 Å². The number of carbonyl (C=O) groups is 1. The zero-order chi connectivity index (χ0) is 24.2. The fourth-order valence-electron chi connectivity index (χ4n) is 4.53. The standard InChI is InChI=1S/C28H29N3O3S/c1-20-23-19-22(11-12-26(23)34-27(20)28(32)33)35-31(16-13-21-7-3-2-4-8-21)25-10-6-5-9-24(25)30-17-14-29-15-18-30/h2-12,19,29H,13-18H2,1H3,(H,32,33). The van der Waals surface area contributed by atoms with Crippen LogP contribution in [0.4, 0.5) is 11.4 Å². The maximum absolute atomic E-state index is 11.5. The van der Waals surface area contributed by atoms with Crippen LogP contribution in [0.3, 0.4) is 0 Å². The summed E-state index contributed by atoms with van der Waals surface area (Å²) in [6.07, 6.45) is 0.917. The maximum atomic E-state index is 11.5. The number of furan rings is 1. The molecule has 0 bridgehead atoms. The molecule has 2 N–H and O–H groups in total. The summed E-state index contributed by atoms with van der Waals surface area (Å²) in [5.41, 5.74) is 4.98. The number of aryl methyl sites for hydroxylation is 1. The van der Waals surface area contributed by atoms with Crippen LogP contribution in [-0.2, 0) is 6.42 Å². The van der Waals surface area contributed by atoms with Gasteiger partial charge in [-0.1, -0.05) is 42.5 Å². The zero-order valence-corrected chi connectivity index (χ0v) is 20.6. The normalized spacial score (nSPS) is 13.8. The van der Waals surface area contributed by atoms with Crippen LogP contribution in [0.5, 0.6) is 0 Å². The molecule has 3 aromatic carbocycles. The highest BCUT2D eigenvalue weighted by atomic mass is 32.2. The number of hydrogen-bond donors (Lipinski definition) is 2. The Bertz CT molecular complexity index is 1320. The first-order valence-corrected chi connectivity index (χ1v) is 12.7. The number of nitrogens with zero attached hydrogens (tertiary/aromatic N) is 2. The number of aromatic carboxylic acids is 1. The lowest BCUT2D eigenvalue weighted by Crippen LogP contribution is -2.44. The molecule has 7 heteroatoms. The SMILES string of the molecule is Cc1c(C(=O)O)oc2ccc(SN(CCc3ccccc3)c3ccccc3N3CCNCC3)cc12. The van der Waals surface area contributed by atoms with Crippen molar-refractivity contribution in [2.45, 2.75) is 18.2 Å². The van der Waals surface area contributed by atoms with E-state index in [-0.39, 0.29) is 5.76 Å². The minimum Gasteiger partial charge on any atom is -0.475 e. The number of fused-ring (bicyclic) bond motifs is 1. The first-order chi connectivity index (χ1) is 17.1. The highest BCUT2D eigenvalue weighted by Crippen LogP contribution is 2.38. The van der Waals surface area contributed by atoms with Gasteiger partial charge in [0.15, 0.2) is 0 Å². The van der Waals surface area contributed by atoms with Gasteiger partial charge in [0.1, 0.15) is 5.58 Å². The van der Waals surface area contributed by atoms with Crippen LogP contribution in [0.25, 0.3) is 11.0 Å². The summed E-state index contributed by atoms with van der Waals surface area (Å²) in [5, 5.41) is 13.7. The van der Waals surface area contributed by atoms with E-state index in [4.69, 9.17) is 4.42 Å². The molecule has 1 aromatic heterocycles. The predicted molar refractivity (Wildman–Crippen MR) is 143 cm³/mol. The van der Waals surface area contributed by atoms with Crippen molar-refractivity contribution in [2.24, 2.45) is 0 Å². The van der Waals surface area contributed by atoms with Crippen molar-refractivity contribution >= 4 is 40.3 Å². The summed E-state index contributed by atoms with van der Waals surface area (Å²) < 4.78 is 7.93. The van der Waals surface area contributed by atoms with Gasteiger partial charge in [0.2, 0.25) is 5.76 Å². The molecule has 4 aromatic rings. The smallest absolute Gasteiger partial charge is 0.372 e. The summed E-state index contributed by atoms with van der Waals surface area (Å²) >= 11 is 1.68. The Morgan fingerprint density at radius 3 is 2.57 bits per heavy atom. The molecule has 1 aliphatic heterocycles. The maximum Gasteiger partial charge on any atom is 0.372 e. The molecular weight excluding hydrogens is 458 g/mol. The second kappa shape index (κ2) is 10.5. The average molecular weight is 488 g/mol. The second-order valence-corrected chi connectivity index (χ2v) is 9.77. The number of hydrogen-bond acceptors (Lipinski definition) is 6. The number of rotatable bonds is 8. The third kappa shape index (κ3) is 5.16. The Kier molecular flexibility index (Phi) is 6.97. The summed E-state index contributed by atoms with van der Waals surface area (Å²) in [7, 11) is 0. The summed E-state index contributed by atoms with van der Waals surface area (Å²) in [6, 6.07) is 25.1. The number of nitrogens with one attached hydrogen (secondary N) is 1. The third-order valence-corrected chi connectivity index (χ3v) is 7.44. The fourth-order valence-corrected chi connectivity index (χ4v) is 5.52. The molecule has 0 spiro atoms. The molecule has 0 amide bonds. The van der Waals surface area contributed by atoms with Crippen LogP contribution < -0.4 is 14.5 Å². The van der Waals surface area contributed by atoms with Gasteiger partial charge in [-0.25, -0.2) is 4.79 Å². The molecule has 6 nitrogen and oxygen atoms in total. The first kappa shape index (κ1) is 23.3. The summed E-state index contributed by atoms with van der Waals surface area (Å²) in [6.45, 7) is 6.55. The van der Waals surface area contributed by atoms with Crippen molar-refractivity contribution in [3.05, 3.63) is 89.7 Å². The van der Waals surface area contributed by atoms with Crippen LogP contribution in [0.2, 0.25) is 0 Å². The van der Waals surface area contributed by atoms with Crippen LogP contribution >= 0.6 is 11.9 Å². The van der Waals surface area contributed by atoms with Crippen molar-refractivity contribution < 1.29 is 14.3 Å². The van der Waals surface area contributed by atoms with E-state index < -0.39 is 5.97 Å². The van der Waals surface area contributed by atoms with E-state index in [1.807, 2.05) is 24.3 Å². The monoisotopic (exact) mass is 487 g/mol. The van der Waals surface area contributed by atoms with Crippen molar-refractivity contribution in [3.63, 3.8) is 0 Å². The molecule has 0 saturated carbocycles. The van der Waals surface area contributed by atoms with E-state index >= 15 is 0 Å². The van der Waals surface area contributed by atoms with Gasteiger partial charge >= 0.3 is 5.97 Å². The Hall–Kier alpha value is -3.42. The molecule has 0 radical (unpaired) electrons. The van der Waals surface area contributed by atoms with Gasteiger partial charge in [-0.3, -0.25) is 0 Å². The van der Waals surface area contributed by atoms with Gasteiger partial charge < -0.3 is 24.0 Å². The van der Waals surface area contributed by atoms with Gasteiger partial charge in [-0.05, 0) is 61.2 Å². The van der Waals surface area contributed by atoms with E-state index in [2.05, 4.69) is 63.1 Å². The van der Waals surface area contributed by atoms with Crippen LogP contribution in [0.15, 0.2) is 82.1 Å². The summed E-state index contributed by atoms with van der Waals surface area (Å²) in [4.78, 5) is 15.0. The molecule has 0 unspecified atom stereocenters. The number of anilines is 2.